The van der Waals surface area contributed by atoms with Crippen LogP contribution >= 0.6 is 34.4 Å². The second-order valence-electron chi connectivity index (χ2n) is 8.08. The van der Waals surface area contributed by atoms with Crippen LogP contribution in [-0.2, 0) is 36.9 Å². The maximum absolute atomic E-state index is 13.0. The first-order valence-electron chi connectivity index (χ1n) is 10.9. The van der Waals surface area contributed by atoms with E-state index in [1.807, 2.05) is 29.6 Å². The number of fused-ring (bicyclic) bond motifs is 3. The molecule has 3 aromatic heterocycles. The van der Waals surface area contributed by atoms with Crippen molar-refractivity contribution in [3.05, 3.63) is 61.7 Å². The van der Waals surface area contributed by atoms with Gasteiger partial charge in [-0.3, -0.25) is 19.1 Å². The summed E-state index contributed by atoms with van der Waals surface area (Å²) < 4.78 is 1.66. The van der Waals surface area contributed by atoms with Crippen molar-refractivity contribution < 1.29 is 4.79 Å². The van der Waals surface area contributed by atoms with Crippen molar-refractivity contribution in [1.29, 1.82) is 0 Å². The Hall–Kier alpha value is -2.49. The minimum Gasteiger partial charge on any atom is -0.290 e. The highest BCUT2D eigenvalue weighted by Gasteiger charge is 2.23. The smallest absolute Gasteiger partial charge is 0.262 e. The number of carbonyl (C=O) groups is 1. The van der Waals surface area contributed by atoms with Gasteiger partial charge >= 0.3 is 0 Å². The largest absolute Gasteiger partial charge is 0.290 e. The molecule has 5 rings (SSSR count). The molecule has 3 heterocycles. The van der Waals surface area contributed by atoms with Crippen LogP contribution in [0, 0.1) is 0 Å². The summed E-state index contributed by atoms with van der Waals surface area (Å²) in [5.74, 6) is 0.501. The lowest BCUT2D eigenvalue weighted by Crippen LogP contribution is -2.22. The Bertz CT molecular complexity index is 1400. The summed E-state index contributed by atoms with van der Waals surface area (Å²) in [6.45, 7) is 3.66. The van der Waals surface area contributed by atoms with Gasteiger partial charge in [-0.2, -0.15) is 0 Å². The number of aryl methyl sites for hydroxylation is 3. The Morgan fingerprint density at radius 2 is 2.00 bits per heavy atom. The highest BCUT2D eigenvalue weighted by molar-refractivity contribution is 7.98. The second kappa shape index (κ2) is 9.04. The zero-order valence-electron chi connectivity index (χ0n) is 18.8. The summed E-state index contributed by atoms with van der Waals surface area (Å²) in [5, 5.41) is 4.12. The number of aromatic nitrogens is 3. The standard InChI is InChI=1S/C24H24N4O2S3/c1-4-15-8-10-17(11-9-15)28(14(2)29)24-25-16(13-32-24)12-31-23-26-21-20(22(30)27(23)3)18-6-5-7-19(18)33-21/h8-11,13H,4-7,12H2,1-3H3. The number of thiazole rings is 1. The molecule has 0 aliphatic heterocycles. The van der Waals surface area contributed by atoms with Gasteiger partial charge in [0.25, 0.3) is 5.56 Å². The Morgan fingerprint density at radius 3 is 2.73 bits per heavy atom. The lowest BCUT2D eigenvalue weighted by molar-refractivity contribution is -0.115. The number of rotatable bonds is 6. The van der Waals surface area contributed by atoms with E-state index in [0.29, 0.717) is 16.0 Å². The van der Waals surface area contributed by atoms with Crippen LogP contribution in [0.1, 0.15) is 42.0 Å². The van der Waals surface area contributed by atoms with Crippen LogP contribution in [0.15, 0.2) is 39.6 Å². The molecule has 6 nitrogen and oxygen atoms in total. The zero-order valence-corrected chi connectivity index (χ0v) is 21.2. The van der Waals surface area contributed by atoms with Crippen molar-refractivity contribution in [3.63, 3.8) is 0 Å². The van der Waals surface area contributed by atoms with Gasteiger partial charge in [-0.1, -0.05) is 30.8 Å². The molecular weight excluding hydrogens is 472 g/mol. The van der Waals surface area contributed by atoms with E-state index in [1.165, 1.54) is 39.1 Å². The first kappa shape index (κ1) is 22.3. The lowest BCUT2D eigenvalue weighted by Gasteiger charge is -2.18. The summed E-state index contributed by atoms with van der Waals surface area (Å²) in [4.78, 5) is 38.7. The van der Waals surface area contributed by atoms with Crippen LogP contribution in [0.2, 0.25) is 0 Å². The van der Waals surface area contributed by atoms with E-state index < -0.39 is 0 Å². The van der Waals surface area contributed by atoms with Gasteiger partial charge in [-0.15, -0.1) is 22.7 Å². The van der Waals surface area contributed by atoms with E-state index in [-0.39, 0.29) is 11.5 Å². The van der Waals surface area contributed by atoms with Crippen LogP contribution in [0.5, 0.6) is 0 Å². The van der Waals surface area contributed by atoms with Gasteiger partial charge in [-0.05, 0) is 48.9 Å². The van der Waals surface area contributed by atoms with Crippen LogP contribution in [0.25, 0.3) is 10.2 Å². The topological polar surface area (TPSA) is 68.1 Å². The van der Waals surface area contributed by atoms with Crippen LogP contribution in [0.3, 0.4) is 0 Å². The maximum Gasteiger partial charge on any atom is 0.262 e. The summed E-state index contributed by atoms with van der Waals surface area (Å²) in [5.41, 5.74) is 4.15. The molecule has 4 aromatic rings. The molecule has 0 saturated carbocycles. The molecule has 9 heteroatoms. The first-order valence-corrected chi connectivity index (χ1v) is 13.6. The molecule has 0 saturated heterocycles. The predicted molar refractivity (Wildman–Crippen MR) is 137 cm³/mol. The number of carbonyl (C=O) groups excluding carboxylic acids is 1. The number of amides is 1. The fraction of sp³-hybridized carbons (Fsp3) is 0.333. The Kier molecular flexibility index (Phi) is 6.11. The monoisotopic (exact) mass is 496 g/mol. The molecule has 0 radical (unpaired) electrons. The van der Waals surface area contributed by atoms with Gasteiger partial charge in [0.1, 0.15) is 4.83 Å². The number of hydrogen-bond acceptors (Lipinski definition) is 7. The fourth-order valence-corrected chi connectivity index (χ4v) is 7.31. The minimum absolute atomic E-state index is 0.0409. The summed E-state index contributed by atoms with van der Waals surface area (Å²) >= 11 is 4.61. The molecule has 1 aliphatic rings. The predicted octanol–water partition coefficient (Wildman–Crippen LogP) is 5.48. The number of anilines is 2. The van der Waals surface area contributed by atoms with Crippen molar-refractivity contribution in [2.75, 3.05) is 4.90 Å². The van der Waals surface area contributed by atoms with E-state index in [0.717, 1.165) is 47.3 Å². The van der Waals surface area contributed by atoms with Crippen molar-refractivity contribution in [2.45, 2.75) is 50.4 Å². The average molecular weight is 497 g/mol. The maximum atomic E-state index is 13.0. The highest BCUT2D eigenvalue weighted by Crippen LogP contribution is 2.36. The quantitative estimate of drug-likeness (QED) is 0.261. The average Bonchev–Trinajstić information content (AvgIpc) is 3.52. The second-order valence-corrected chi connectivity index (χ2v) is 10.9. The molecule has 33 heavy (non-hydrogen) atoms. The van der Waals surface area contributed by atoms with Crippen LogP contribution in [-0.4, -0.2) is 20.4 Å². The van der Waals surface area contributed by atoms with Gasteiger partial charge in [0.2, 0.25) is 5.91 Å². The number of nitrogens with zero attached hydrogens (tertiary/aromatic N) is 4. The molecule has 0 unspecified atom stereocenters. The van der Waals surface area contributed by atoms with E-state index in [2.05, 4.69) is 6.92 Å². The van der Waals surface area contributed by atoms with Crippen molar-refractivity contribution in [3.8, 4) is 0 Å². The molecule has 1 aliphatic carbocycles. The van der Waals surface area contributed by atoms with Gasteiger partial charge in [0.15, 0.2) is 10.3 Å². The minimum atomic E-state index is -0.0759. The summed E-state index contributed by atoms with van der Waals surface area (Å²) in [7, 11) is 1.79. The van der Waals surface area contributed by atoms with Gasteiger partial charge in [0, 0.05) is 30.0 Å². The van der Waals surface area contributed by atoms with Gasteiger partial charge in [0.05, 0.1) is 16.8 Å². The third-order valence-corrected chi connectivity index (χ3v) is 9.03. The SMILES string of the molecule is CCc1ccc(N(C(C)=O)c2nc(CSc3nc4sc5c(c4c(=O)n3C)CCC5)cs2)cc1. The van der Waals surface area contributed by atoms with Crippen LogP contribution < -0.4 is 10.5 Å². The van der Waals surface area contributed by atoms with E-state index in [1.54, 1.807) is 34.8 Å². The summed E-state index contributed by atoms with van der Waals surface area (Å²) in [6, 6.07) is 8.00. The third kappa shape index (κ3) is 4.13. The van der Waals surface area contributed by atoms with Crippen molar-refractivity contribution in [1.82, 2.24) is 14.5 Å². The number of thioether (sulfide) groups is 1. The van der Waals surface area contributed by atoms with E-state index in [4.69, 9.17) is 9.97 Å². The fourth-order valence-electron chi connectivity index (χ4n) is 4.15. The molecular formula is C24H24N4O2S3. The van der Waals surface area contributed by atoms with Crippen LogP contribution in [0.4, 0.5) is 10.8 Å². The Morgan fingerprint density at radius 1 is 1.21 bits per heavy atom. The van der Waals surface area contributed by atoms with E-state index in [9.17, 15) is 9.59 Å². The van der Waals surface area contributed by atoms with Crippen molar-refractivity contribution in [2.24, 2.45) is 7.05 Å². The molecule has 0 spiro atoms. The molecule has 0 fully saturated rings. The third-order valence-electron chi connectivity index (χ3n) is 5.90. The van der Waals surface area contributed by atoms with Gasteiger partial charge in [-0.25, -0.2) is 9.97 Å². The number of hydrogen-bond donors (Lipinski definition) is 0. The molecule has 0 bridgehead atoms. The van der Waals surface area contributed by atoms with Gasteiger partial charge < -0.3 is 0 Å². The number of benzene rings is 1. The normalized spacial score (nSPS) is 12.9. The Labute approximate surface area is 204 Å². The molecule has 0 atom stereocenters. The highest BCUT2D eigenvalue weighted by atomic mass is 32.2. The summed E-state index contributed by atoms with van der Waals surface area (Å²) in [6.07, 6.45) is 4.12. The molecule has 0 N–H and O–H groups in total. The molecule has 170 valence electrons. The zero-order chi connectivity index (χ0) is 23.1. The molecule has 1 amide bonds. The first-order chi connectivity index (χ1) is 16.0. The Balaban J connectivity index is 1.37. The lowest BCUT2D eigenvalue weighted by atomic mass is 10.1. The number of thiophene rings is 1. The van der Waals surface area contributed by atoms with Crippen molar-refractivity contribution >= 4 is 61.4 Å². The van der Waals surface area contributed by atoms with E-state index >= 15 is 0 Å². The molecule has 1 aromatic carbocycles.